The second-order valence-corrected chi connectivity index (χ2v) is 7.34. The number of guanidine groups is 1. The highest BCUT2D eigenvalue weighted by atomic mass is 16.2. The summed E-state index contributed by atoms with van der Waals surface area (Å²) in [6.07, 6.45) is 4.54. The van der Waals surface area contributed by atoms with Crippen LogP contribution >= 0.6 is 0 Å². The lowest BCUT2D eigenvalue weighted by Gasteiger charge is -2.33. The van der Waals surface area contributed by atoms with E-state index in [1.54, 1.807) is 14.1 Å². The van der Waals surface area contributed by atoms with E-state index in [0.717, 1.165) is 44.9 Å². The number of urea groups is 1. The lowest BCUT2D eigenvalue weighted by Crippen LogP contribution is -2.63. The minimum absolute atomic E-state index is 0.174. The molecule has 0 saturated carbocycles. The van der Waals surface area contributed by atoms with E-state index >= 15 is 0 Å². The van der Waals surface area contributed by atoms with E-state index in [1.165, 1.54) is 16.2 Å². The number of imide groups is 1. The third-order valence-corrected chi connectivity index (χ3v) is 5.10. The molecule has 3 amide bonds. The summed E-state index contributed by atoms with van der Waals surface area (Å²) in [6, 6.07) is -0.771. The minimum Gasteiger partial charge on any atom is -0.270 e. The molecule has 2 saturated heterocycles. The zero-order chi connectivity index (χ0) is 17.4. The van der Waals surface area contributed by atoms with Crippen LogP contribution < -0.4 is 0 Å². The van der Waals surface area contributed by atoms with Crippen molar-refractivity contribution in [1.29, 1.82) is 0 Å². The maximum Gasteiger partial charge on any atom is 0.392 e. The summed E-state index contributed by atoms with van der Waals surface area (Å²) in [5, 5.41) is 0. The lowest BCUT2D eigenvalue weighted by molar-refractivity contribution is -0.542. The standard InChI is InChI=1S/C17H28N5O2/c1-12(2)8-11-22-13-14(19(3)17(24)20(4)15(13)23)18-16(22)21-9-6-5-7-10-21/h12-13H,5-11H2,1-4H3/q+1. The van der Waals surface area contributed by atoms with Gasteiger partial charge in [-0.1, -0.05) is 18.8 Å². The first kappa shape index (κ1) is 16.9. The van der Waals surface area contributed by atoms with Crippen molar-refractivity contribution < 1.29 is 14.2 Å². The molecular weight excluding hydrogens is 306 g/mol. The summed E-state index contributed by atoms with van der Waals surface area (Å²) in [4.78, 5) is 34.6. The van der Waals surface area contributed by atoms with Crippen LogP contribution in [0.2, 0.25) is 0 Å². The molecule has 2 fully saturated rings. The number of likely N-dealkylation sites (N-methyl/N-ethyl adjacent to an activating group) is 2. The predicted octanol–water partition coefficient (Wildman–Crippen LogP) is 1.19. The molecule has 1 atom stereocenters. The molecule has 1 unspecified atom stereocenters. The van der Waals surface area contributed by atoms with Crippen LogP contribution in [0.5, 0.6) is 0 Å². The molecule has 3 heterocycles. The van der Waals surface area contributed by atoms with Gasteiger partial charge in [-0.15, -0.1) is 0 Å². The highest BCUT2D eigenvalue weighted by Gasteiger charge is 2.55. The van der Waals surface area contributed by atoms with Crippen LogP contribution in [0, 0.1) is 5.92 Å². The SMILES string of the molecule is CC(C)CCN1C(=[N+]2CCCCC2)N=C2C1C(=O)N(C)C(=O)N2C. The van der Waals surface area contributed by atoms with Gasteiger partial charge in [-0.05, 0) is 31.6 Å². The quantitative estimate of drug-likeness (QED) is 0.729. The smallest absolute Gasteiger partial charge is 0.270 e. The topological polar surface area (TPSA) is 59.2 Å². The van der Waals surface area contributed by atoms with Gasteiger partial charge in [0.1, 0.15) is 0 Å². The maximum atomic E-state index is 12.8. The molecular formula is C17H28N5O2+. The molecule has 7 nitrogen and oxygen atoms in total. The number of fused-ring (bicyclic) bond motifs is 1. The van der Waals surface area contributed by atoms with Crippen LogP contribution in [0.1, 0.15) is 39.5 Å². The third kappa shape index (κ3) is 2.80. The number of carbonyl (C=O) groups is 2. The van der Waals surface area contributed by atoms with Gasteiger partial charge in [-0.2, -0.15) is 0 Å². The highest BCUT2D eigenvalue weighted by Crippen LogP contribution is 2.24. The number of aliphatic imine (C=N–C) groups is 1. The zero-order valence-corrected chi connectivity index (χ0v) is 15.2. The van der Waals surface area contributed by atoms with E-state index in [4.69, 9.17) is 4.99 Å². The molecule has 0 bridgehead atoms. The lowest BCUT2D eigenvalue weighted by atomic mass is 10.1. The monoisotopic (exact) mass is 334 g/mol. The molecule has 0 aromatic heterocycles. The van der Waals surface area contributed by atoms with Gasteiger partial charge in [0.2, 0.25) is 11.9 Å². The first-order chi connectivity index (χ1) is 11.4. The van der Waals surface area contributed by atoms with E-state index in [0.29, 0.717) is 11.8 Å². The van der Waals surface area contributed by atoms with Crippen molar-refractivity contribution in [2.45, 2.75) is 45.6 Å². The molecule has 0 radical (unpaired) electrons. The Morgan fingerprint density at radius 1 is 1.12 bits per heavy atom. The number of piperidine rings is 1. The van der Waals surface area contributed by atoms with Gasteiger partial charge in [0.05, 0.1) is 19.6 Å². The Kier molecular flexibility index (Phi) is 4.60. The average molecular weight is 334 g/mol. The number of hydrogen-bond donors (Lipinski definition) is 0. The molecule has 7 heteroatoms. The fourth-order valence-corrected chi connectivity index (χ4v) is 3.56. The fraction of sp³-hybridized carbons (Fsp3) is 0.765. The van der Waals surface area contributed by atoms with Crippen molar-refractivity contribution in [1.82, 2.24) is 14.7 Å². The summed E-state index contributed by atoms with van der Waals surface area (Å²) in [7, 11) is 3.26. The van der Waals surface area contributed by atoms with E-state index in [1.807, 2.05) is 0 Å². The van der Waals surface area contributed by atoms with Crippen LogP contribution in [-0.2, 0) is 4.79 Å². The van der Waals surface area contributed by atoms with Crippen LogP contribution in [0.3, 0.4) is 0 Å². The summed E-state index contributed by atoms with van der Waals surface area (Å²) < 4.78 is 2.28. The van der Waals surface area contributed by atoms with E-state index in [-0.39, 0.29) is 11.9 Å². The predicted molar refractivity (Wildman–Crippen MR) is 92.2 cm³/mol. The first-order valence-electron chi connectivity index (χ1n) is 8.94. The molecule has 0 aromatic rings. The Balaban J connectivity index is 1.99. The van der Waals surface area contributed by atoms with Crippen molar-refractivity contribution in [2.24, 2.45) is 10.9 Å². The number of amidine groups is 1. The van der Waals surface area contributed by atoms with Gasteiger partial charge in [-0.3, -0.25) is 19.2 Å². The van der Waals surface area contributed by atoms with Crippen LogP contribution in [0.25, 0.3) is 0 Å². The largest absolute Gasteiger partial charge is 0.392 e. The summed E-state index contributed by atoms with van der Waals surface area (Å²) in [5.74, 6) is 1.83. The van der Waals surface area contributed by atoms with Crippen molar-refractivity contribution in [3.05, 3.63) is 0 Å². The average Bonchev–Trinajstić information content (AvgIpc) is 2.96. The van der Waals surface area contributed by atoms with Crippen molar-refractivity contribution in [3.63, 3.8) is 0 Å². The van der Waals surface area contributed by atoms with Crippen molar-refractivity contribution in [2.75, 3.05) is 33.7 Å². The van der Waals surface area contributed by atoms with Crippen LogP contribution in [-0.4, -0.2) is 82.8 Å². The number of hydrogen-bond acceptors (Lipinski definition) is 2. The summed E-state index contributed by atoms with van der Waals surface area (Å²) >= 11 is 0. The molecule has 3 rings (SSSR count). The van der Waals surface area contributed by atoms with Gasteiger partial charge in [0.25, 0.3) is 5.91 Å². The second kappa shape index (κ2) is 6.53. The Morgan fingerprint density at radius 3 is 2.42 bits per heavy atom. The Bertz CT molecular complexity index is 602. The van der Waals surface area contributed by atoms with Crippen molar-refractivity contribution in [3.8, 4) is 0 Å². The van der Waals surface area contributed by atoms with Gasteiger partial charge < -0.3 is 0 Å². The van der Waals surface area contributed by atoms with E-state index in [2.05, 4.69) is 23.3 Å². The summed E-state index contributed by atoms with van der Waals surface area (Å²) in [5.41, 5.74) is 0. The molecule has 3 aliphatic rings. The zero-order valence-electron chi connectivity index (χ0n) is 15.2. The molecule has 3 aliphatic heterocycles. The Morgan fingerprint density at radius 2 is 1.79 bits per heavy atom. The molecule has 24 heavy (non-hydrogen) atoms. The molecule has 0 spiro atoms. The normalized spacial score (nSPS) is 25.0. The molecule has 132 valence electrons. The molecule has 0 aromatic carbocycles. The Hall–Kier alpha value is -1.92. The molecule has 0 N–H and O–H groups in total. The van der Waals surface area contributed by atoms with Crippen LogP contribution in [0.15, 0.2) is 4.99 Å². The number of carbonyl (C=O) groups excluding carboxylic acids is 2. The summed E-state index contributed by atoms with van der Waals surface area (Å²) in [6.45, 7) is 7.09. The minimum atomic E-state index is -0.464. The third-order valence-electron chi connectivity index (χ3n) is 5.10. The van der Waals surface area contributed by atoms with E-state index < -0.39 is 6.04 Å². The number of amides is 3. The highest BCUT2D eigenvalue weighted by molar-refractivity contribution is 6.25. The van der Waals surface area contributed by atoms with Gasteiger partial charge in [0.15, 0.2) is 0 Å². The van der Waals surface area contributed by atoms with Gasteiger partial charge >= 0.3 is 12.0 Å². The fourth-order valence-electron chi connectivity index (χ4n) is 3.56. The number of nitrogens with zero attached hydrogens (tertiary/aromatic N) is 5. The van der Waals surface area contributed by atoms with Crippen LogP contribution in [0.4, 0.5) is 4.79 Å². The van der Waals surface area contributed by atoms with Gasteiger partial charge in [-0.25, -0.2) is 9.69 Å². The van der Waals surface area contributed by atoms with E-state index in [9.17, 15) is 9.59 Å². The second-order valence-electron chi connectivity index (χ2n) is 7.34. The first-order valence-corrected chi connectivity index (χ1v) is 8.94. The molecule has 0 aliphatic carbocycles. The van der Waals surface area contributed by atoms with Crippen molar-refractivity contribution >= 4 is 23.7 Å². The maximum absolute atomic E-state index is 12.8. The Labute approximate surface area is 143 Å². The van der Waals surface area contributed by atoms with Gasteiger partial charge in [0, 0.05) is 14.1 Å². The number of rotatable bonds is 3.